The van der Waals surface area contributed by atoms with Crippen LogP contribution in [0.3, 0.4) is 0 Å². The van der Waals surface area contributed by atoms with Crippen LogP contribution in [0.4, 0.5) is 0 Å². The summed E-state index contributed by atoms with van der Waals surface area (Å²) in [5, 5.41) is 11.7. The summed E-state index contributed by atoms with van der Waals surface area (Å²) in [5.74, 6) is -0.402. The van der Waals surface area contributed by atoms with E-state index in [4.69, 9.17) is 18.9 Å². The third-order valence-corrected chi connectivity index (χ3v) is 7.49. The van der Waals surface area contributed by atoms with E-state index in [1.165, 1.54) is 37.6 Å². The van der Waals surface area contributed by atoms with E-state index in [-0.39, 0.29) is 5.57 Å². The van der Waals surface area contributed by atoms with E-state index in [2.05, 4.69) is 9.88 Å². The molecular weight excluding hydrogens is 486 g/mol. The first-order chi connectivity index (χ1) is 17.3. The van der Waals surface area contributed by atoms with Crippen LogP contribution >= 0.6 is 11.3 Å². The fraction of sp³-hybridized carbons (Fsp3) is 0.480. The van der Waals surface area contributed by atoms with Gasteiger partial charge in [-0.2, -0.15) is 0 Å². The molecule has 0 radical (unpaired) electrons. The molecule has 194 valence electrons. The Kier molecular flexibility index (Phi) is 7.82. The highest BCUT2D eigenvalue weighted by Crippen LogP contribution is 2.45. The van der Waals surface area contributed by atoms with Gasteiger partial charge in [-0.3, -0.25) is 14.5 Å². The average molecular weight is 518 g/mol. The van der Waals surface area contributed by atoms with Gasteiger partial charge in [0, 0.05) is 26.2 Å². The highest BCUT2D eigenvalue weighted by molar-refractivity contribution is 7.14. The van der Waals surface area contributed by atoms with Gasteiger partial charge >= 0.3 is 0 Å². The molecule has 1 amide bonds. The van der Waals surface area contributed by atoms with E-state index in [0.717, 1.165) is 18.1 Å². The van der Waals surface area contributed by atoms with Gasteiger partial charge in [-0.25, -0.2) is 4.98 Å². The zero-order chi connectivity index (χ0) is 26.0. The Bertz CT molecular complexity index is 1160. The number of amides is 1. The number of nitrogens with zero attached hydrogens (tertiary/aromatic N) is 3. The van der Waals surface area contributed by atoms with Gasteiger partial charge in [-0.15, -0.1) is 11.3 Å². The number of methoxy groups -OCH3 is 3. The lowest BCUT2D eigenvalue weighted by Gasteiger charge is -2.32. The number of aliphatic hydroxyl groups excluding tert-OH is 1. The summed E-state index contributed by atoms with van der Waals surface area (Å²) >= 11 is 1.24. The number of thiazole rings is 1. The minimum absolute atomic E-state index is 0.0167. The third kappa shape index (κ3) is 4.78. The Morgan fingerprint density at radius 3 is 2.28 bits per heavy atom. The lowest BCUT2D eigenvalue weighted by atomic mass is 9.94. The highest BCUT2D eigenvalue weighted by Gasteiger charge is 2.45. The molecule has 0 unspecified atom stereocenters. The van der Waals surface area contributed by atoms with Gasteiger partial charge in [0.2, 0.25) is 11.5 Å². The molecule has 2 aliphatic heterocycles. The van der Waals surface area contributed by atoms with E-state index in [0.29, 0.717) is 59.7 Å². The molecule has 0 aliphatic carbocycles. The second-order valence-corrected chi connectivity index (χ2v) is 9.76. The molecular formula is C25H31N3O7S. The topological polar surface area (TPSA) is 111 Å². The first kappa shape index (κ1) is 25.9. The molecule has 4 rings (SSSR count). The van der Waals surface area contributed by atoms with Gasteiger partial charge < -0.3 is 29.0 Å². The molecule has 1 fully saturated rings. The van der Waals surface area contributed by atoms with E-state index in [1.54, 1.807) is 19.1 Å². The molecule has 1 atom stereocenters. The van der Waals surface area contributed by atoms with Crippen LogP contribution in [0.2, 0.25) is 0 Å². The molecule has 1 aromatic carbocycles. The van der Waals surface area contributed by atoms with Crippen LogP contribution in [0.25, 0.3) is 0 Å². The van der Waals surface area contributed by atoms with Crippen molar-refractivity contribution in [1.82, 2.24) is 14.8 Å². The number of ether oxygens (including phenoxy) is 4. The summed E-state index contributed by atoms with van der Waals surface area (Å²) in [6.07, 6.45) is 0. The number of rotatable bonds is 9. The van der Waals surface area contributed by atoms with Crippen LogP contribution in [0.15, 0.2) is 23.5 Å². The third-order valence-electron chi connectivity index (χ3n) is 6.42. The van der Waals surface area contributed by atoms with Crippen molar-refractivity contribution in [2.75, 3.05) is 60.7 Å². The normalized spacial score (nSPS) is 18.6. The Morgan fingerprint density at radius 2 is 1.75 bits per heavy atom. The number of hydrogen-bond donors (Lipinski definition) is 1. The molecule has 1 aromatic heterocycles. The fourth-order valence-corrected chi connectivity index (χ4v) is 5.53. The van der Waals surface area contributed by atoms with Crippen molar-refractivity contribution in [3.8, 4) is 17.2 Å². The van der Waals surface area contributed by atoms with Crippen LogP contribution in [-0.2, 0) is 9.53 Å². The zero-order valence-electron chi connectivity index (χ0n) is 21.1. The predicted molar refractivity (Wildman–Crippen MR) is 133 cm³/mol. The minimum atomic E-state index is -0.846. The second-order valence-electron chi connectivity index (χ2n) is 8.55. The predicted octanol–water partition coefficient (Wildman–Crippen LogP) is 2.70. The number of aliphatic hydroxyl groups is 1. The lowest BCUT2D eigenvalue weighted by Crippen LogP contribution is -2.43. The van der Waals surface area contributed by atoms with Crippen molar-refractivity contribution in [2.24, 2.45) is 0 Å². The van der Waals surface area contributed by atoms with E-state index < -0.39 is 23.5 Å². The molecule has 0 spiro atoms. The summed E-state index contributed by atoms with van der Waals surface area (Å²) in [7, 11) is 4.50. The number of carbonyl (C=O) groups is 2. The molecule has 11 heteroatoms. The second kappa shape index (κ2) is 10.9. The molecule has 10 nitrogen and oxygen atoms in total. The van der Waals surface area contributed by atoms with Gasteiger partial charge in [0.05, 0.1) is 61.7 Å². The number of ketones is 1. The molecule has 0 bridgehead atoms. The van der Waals surface area contributed by atoms with Gasteiger partial charge in [-0.1, -0.05) is 0 Å². The summed E-state index contributed by atoms with van der Waals surface area (Å²) in [6.45, 7) is 7.19. The maximum atomic E-state index is 13.8. The molecule has 1 N–H and O–H groups in total. The molecule has 36 heavy (non-hydrogen) atoms. The van der Waals surface area contributed by atoms with Gasteiger partial charge in [0.15, 0.2) is 17.3 Å². The quantitative estimate of drug-likeness (QED) is 0.502. The van der Waals surface area contributed by atoms with Crippen LogP contribution in [0, 0.1) is 13.8 Å². The summed E-state index contributed by atoms with van der Waals surface area (Å²) in [4.78, 5) is 35.6. The Morgan fingerprint density at radius 1 is 1.11 bits per heavy atom. The van der Waals surface area contributed by atoms with Crippen molar-refractivity contribution < 1.29 is 33.6 Å². The van der Waals surface area contributed by atoms with Crippen LogP contribution in [0.5, 0.6) is 17.2 Å². The Hall–Kier alpha value is -3.15. The molecule has 1 saturated heterocycles. The maximum absolute atomic E-state index is 13.8. The van der Waals surface area contributed by atoms with Crippen LogP contribution in [0.1, 0.15) is 32.0 Å². The minimum Gasteiger partial charge on any atom is -0.503 e. The van der Waals surface area contributed by atoms with Crippen molar-refractivity contribution in [2.45, 2.75) is 19.9 Å². The number of Topliss-reactive ketones (excluding diaryl/α,β-unsaturated/α-hetero) is 1. The summed E-state index contributed by atoms with van der Waals surface area (Å²) < 4.78 is 21.9. The molecule has 2 aliphatic rings. The smallest absolute Gasteiger partial charge is 0.290 e. The number of aryl methyl sites for hydroxylation is 2. The number of morpholine rings is 1. The first-order valence-corrected chi connectivity index (χ1v) is 12.4. The van der Waals surface area contributed by atoms with Gasteiger partial charge in [0.25, 0.3) is 5.91 Å². The number of hydrogen-bond acceptors (Lipinski definition) is 10. The zero-order valence-corrected chi connectivity index (χ0v) is 21.9. The highest BCUT2D eigenvalue weighted by atomic mass is 32.1. The summed E-state index contributed by atoms with van der Waals surface area (Å²) in [6, 6.07) is 2.57. The van der Waals surface area contributed by atoms with Crippen molar-refractivity contribution >= 4 is 23.0 Å². The van der Waals surface area contributed by atoms with Crippen molar-refractivity contribution in [1.29, 1.82) is 0 Å². The first-order valence-electron chi connectivity index (χ1n) is 11.6. The van der Waals surface area contributed by atoms with Crippen molar-refractivity contribution in [3.05, 3.63) is 44.6 Å². The van der Waals surface area contributed by atoms with E-state index in [9.17, 15) is 14.7 Å². The number of benzene rings is 1. The number of aromatic nitrogens is 1. The average Bonchev–Trinajstić information content (AvgIpc) is 3.36. The van der Waals surface area contributed by atoms with Crippen LogP contribution < -0.4 is 14.2 Å². The van der Waals surface area contributed by atoms with Crippen molar-refractivity contribution in [3.63, 3.8) is 0 Å². The lowest BCUT2D eigenvalue weighted by molar-refractivity contribution is -0.129. The SMILES string of the molecule is COc1cc([C@H]2C(C(=O)c3sc(C)nc3C)=C(O)C(=O)N2CCN2CCOCC2)cc(OC)c1OC. The Labute approximate surface area is 214 Å². The van der Waals surface area contributed by atoms with Gasteiger partial charge in [0.1, 0.15) is 0 Å². The van der Waals surface area contributed by atoms with E-state index in [1.807, 2.05) is 6.92 Å². The van der Waals surface area contributed by atoms with Gasteiger partial charge in [-0.05, 0) is 31.5 Å². The summed E-state index contributed by atoms with van der Waals surface area (Å²) in [5.41, 5.74) is 1.14. The molecule has 2 aromatic rings. The molecule has 0 saturated carbocycles. The van der Waals surface area contributed by atoms with Crippen LogP contribution in [-0.4, -0.2) is 92.3 Å². The Balaban J connectivity index is 1.80. The monoisotopic (exact) mass is 517 g/mol. The number of carbonyl (C=O) groups excluding carboxylic acids is 2. The standard InChI is InChI=1S/C25H31N3O7S/c1-14-24(36-15(2)26-14)21(29)19-20(16-12-17(32-3)23(34-5)18(13-16)33-4)28(25(31)22(19)30)7-6-27-8-10-35-11-9-27/h12-13,20,30H,6-11H2,1-5H3/t20-/m0/s1. The molecule has 3 heterocycles. The largest absolute Gasteiger partial charge is 0.503 e. The van der Waals surface area contributed by atoms with E-state index >= 15 is 0 Å². The maximum Gasteiger partial charge on any atom is 0.290 e. The fourth-order valence-electron chi connectivity index (χ4n) is 4.66.